The first-order valence-corrected chi connectivity index (χ1v) is 7.54. The molecule has 128 valence electrons. The molecule has 2 rings (SSSR count). The lowest BCUT2D eigenvalue weighted by Gasteiger charge is -2.19. The Morgan fingerprint density at radius 2 is 1.92 bits per heavy atom. The van der Waals surface area contributed by atoms with Crippen LogP contribution < -0.4 is 5.32 Å². The molecule has 2 atom stereocenters. The van der Waals surface area contributed by atoms with E-state index in [0.29, 0.717) is 0 Å². The van der Waals surface area contributed by atoms with Crippen LogP contribution in [-0.4, -0.2) is 29.0 Å². The molecule has 1 amide bonds. The molecule has 0 aliphatic carbocycles. The maximum atomic E-state index is 13.7. The van der Waals surface area contributed by atoms with Gasteiger partial charge in [0.2, 0.25) is 0 Å². The molecule has 0 aromatic heterocycles. The fourth-order valence-electron chi connectivity index (χ4n) is 2.17. The molecule has 2 aromatic carbocycles. The molecule has 0 spiro atoms. The quantitative estimate of drug-likeness (QED) is 0.759. The highest BCUT2D eigenvalue weighted by Gasteiger charge is 2.22. The molecule has 0 heterocycles. The lowest BCUT2D eigenvalue weighted by atomic mass is 10.0. The summed E-state index contributed by atoms with van der Waals surface area (Å²) in [5, 5.41) is 22.3. The number of carbonyl (C=O) groups is 1. The smallest absolute Gasteiger partial charge is 0.407 e. The standard InChI is InChI=1S/C18H20FNO4/c1-12-7-8-15(19)14(9-12)17(22)16(21)10-20-18(23)24-11-13-5-3-2-4-6-13/h2-9,16-17,21-22H,10-11H2,1H3,(H,20,23). The molecule has 2 unspecified atom stereocenters. The molecule has 6 heteroatoms. The number of hydrogen-bond donors (Lipinski definition) is 3. The molecule has 0 fully saturated rings. The molecule has 3 N–H and O–H groups in total. The van der Waals surface area contributed by atoms with Crippen molar-refractivity contribution in [3.05, 3.63) is 71.0 Å². The summed E-state index contributed by atoms with van der Waals surface area (Å²) in [5.74, 6) is -0.612. The Hall–Kier alpha value is -2.44. The van der Waals surface area contributed by atoms with E-state index in [4.69, 9.17) is 4.74 Å². The molecule has 0 saturated carbocycles. The Balaban J connectivity index is 1.82. The number of hydrogen-bond acceptors (Lipinski definition) is 4. The average Bonchev–Trinajstić information content (AvgIpc) is 2.60. The Labute approximate surface area is 139 Å². The van der Waals surface area contributed by atoms with Crippen LogP contribution in [0.3, 0.4) is 0 Å². The van der Waals surface area contributed by atoms with E-state index in [1.807, 2.05) is 30.3 Å². The van der Waals surface area contributed by atoms with Gasteiger partial charge in [0, 0.05) is 12.1 Å². The number of rotatable bonds is 6. The van der Waals surface area contributed by atoms with Crippen LogP contribution in [-0.2, 0) is 11.3 Å². The van der Waals surface area contributed by atoms with Gasteiger partial charge in [-0.15, -0.1) is 0 Å². The summed E-state index contributed by atoms with van der Waals surface area (Å²) in [6, 6.07) is 13.4. The van der Waals surface area contributed by atoms with E-state index in [0.717, 1.165) is 11.1 Å². The van der Waals surface area contributed by atoms with E-state index < -0.39 is 24.1 Å². The van der Waals surface area contributed by atoms with E-state index in [9.17, 15) is 19.4 Å². The molecular formula is C18H20FNO4. The Morgan fingerprint density at radius 3 is 2.62 bits per heavy atom. The molecule has 0 aliphatic rings. The summed E-state index contributed by atoms with van der Waals surface area (Å²) >= 11 is 0. The van der Waals surface area contributed by atoms with Crippen molar-refractivity contribution in [2.24, 2.45) is 0 Å². The van der Waals surface area contributed by atoms with Crippen molar-refractivity contribution in [2.75, 3.05) is 6.54 Å². The number of ether oxygens (including phenoxy) is 1. The minimum atomic E-state index is -1.45. The molecule has 5 nitrogen and oxygen atoms in total. The van der Waals surface area contributed by atoms with Gasteiger partial charge in [-0.2, -0.15) is 0 Å². The van der Waals surface area contributed by atoms with Gasteiger partial charge in [0.25, 0.3) is 0 Å². The lowest BCUT2D eigenvalue weighted by molar-refractivity contribution is 0.0164. The first-order chi connectivity index (χ1) is 11.5. The highest BCUT2D eigenvalue weighted by Crippen LogP contribution is 2.21. The zero-order valence-electron chi connectivity index (χ0n) is 13.3. The zero-order valence-corrected chi connectivity index (χ0v) is 13.3. The van der Waals surface area contributed by atoms with Gasteiger partial charge in [0.15, 0.2) is 0 Å². The largest absolute Gasteiger partial charge is 0.445 e. The minimum absolute atomic E-state index is 0.0121. The van der Waals surface area contributed by atoms with Crippen molar-refractivity contribution in [3.8, 4) is 0 Å². The Kier molecular flexibility index (Phi) is 6.28. The van der Waals surface area contributed by atoms with Crippen molar-refractivity contribution < 1.29 is 24.1 Å². The van der Waals surface area contributed by atoms with Gasteiger partial charge in [0.1, 0.15) is 24.6 Å². The predicted octanol–water partition coefficient (Wildman–Crippen LogP) is 2.45. The van der Waals surface area contributed by atoms with E-state index in [1.54, 1.807) is 13.0 Å². The molecule has 2 aromatic rings. The highest BCUT2D eigenvalue weighted by atomic mass is 19.1. The summed E-state index contributed by atoms with van der Waals surface area (Å²) < 4.78 is 18.7. The SMILES string of the molecule is Cc1ccc(F)c(C(O)C(O)CNC(=O)OCc2ccccc2)c1. The molecule has 0 aliphatic heterocycles. The van der Waals surface area contributed by atoms with E-state index in [1.165, 1.54) is 12.1 Å². The Bertz CT molecular complexity index is 678. The third-order valence-corrected chi connectivity index (χ3v) is 3.50. The van der Waals surface area contributed by atoms with Gasteiger partial charge in [-0.05, 0) is 18.6 Å². The van der Waals surface area contributed by atoms with E-state index in [-0.39, 0.29) is 18.7 Å². The van der Waals surface area contributed by atoms with Crippen LogP contribution in [0.4, 0.5) is 9.18 Å². The van der Waals surface area contributed by atoms with E-state index >= 15 is 0 Å². The number of carbonyl (C=O) groups excluding carboxylic acids is 1. The number of aryl methyl sites for hydroxylation is 1. The lowest BCUT2D eigenvalue weighted by Crippen LogP contribution is -2.36. The van der Waals surface area contributed by atoms with Crippen molar-refractivity contribution in [1.82, 2.24) is 5.32 Å². The maximum absolute atomic E-state index is 13.7. The number of amides is 1. The van der Waals surface area contributed by atoms with Crippen LogP contribution in [0.5, 0.6) is 0 Å². The molecule has 0 bridgehead atoms. The topological polar surface area (TPSA) is 78.8 Å². The summed E-state index contributed by atoms with van der Waals surface area (Å²) in [5.41, 5.74) is 1.57. The van der Waals surface area contributed by atoms with Gasteiger partial charge >= 0.3 is 6.09 Å². The van der Waals surface area contributed by atoms with Gasteiger partial charge < -0.3 is 20.3 Å². The number of aliphatic hydroxyl groups excluding tert-OH is 2. The normalized spacial score (nSPS) is 13.2. The van der Waals surface area contributed by atoms with Crippen LogP contribution in [0.15, 0.2) is 48.5 Å². The average molecular weight is 333 g/mol. The monoisotopic (exact) mass is 333 g/mol. The molecule has 24 heavy (non-hydrogen) atoms. The molecule has 0 radical (unpaired) electrons. The van der Waals surface area contributed by atoms with Gasteiger partial charge in [-0.3, -0.25) is 0 Å². The van der Waals surface area contributed by atoms with Gasteiger partial charge in [0.05, 0.1) is 0 Å². The zero-order chi connectivity index (χ0) is 17.5. The summed E-state index contributed by atoms with van der Waals surface area (Å²) in [6.45, 7) is 1.58. The van der Waals surface area contributed by atoms with Crippen LogP contribution in [0.1, 0.15) is 22.8 Å². The minimum Gasteiger partial charge on any atom is -0.445 e. The van der Waals surface area contributed by atoms with Crippen LogP contribution in [0.25, 0.3) is 0 Å². The number of alkyl carbamates (subject to hydrolysis) is 1. The second-order valence-corrected chi connectivity index (χ2v) is 5.48. The second kappa shape index (κ2) is 8.42. The highest BCUT2D eigenvalue weighted by molar-refractivity contribution is 5.67. The molecular weight excluding hydrogens is 313 g/mol. The summed E-state index contributed by atoms with van der Waals surface area (Å²) in [6.07, 6.45) is -3.53. The van der Waals surface area contributed by atoms with Crippen LogP contribution in [0, 0.1) is 12.7 Å². The second-order valence-electron chi connectivity index (χ2n) is 5.48. The third kappa shape index (κ3) is 5.04. The van der Waals surface area contributed by atoms with Crippen molar-refractivity contribution >= 4 is 6.09 Å². The number of aliphatic hydroxyl groups is 2. The predicted molar refractivity (Wildman–Crippen MR) is 86.7 cm³/mol. The third-order valence-electron chi connectivity index (χ3n) is 3.50. The first kappa shape index (κ1) is 17.9. The fourth-order valence-corrected chi connectivity index (χ4v) is 2.17. The molecule has 0 saturated heterocycles. The Morgan fingerprint density at radius 1 is 1.21 bits per heavy atom. The van der Waals surface area contributed by atoms with Crippen molar-refractivity contribution in [1.29, 1.82) is 0 Å². The van der Waals surface area contributed by atoms with Crippen LogP contribution >= 0.6 is 0 Å². The first-order valence-electron chi connectivity index (χ1n) is 7.54. The van der Waals surface area contributed by atoms with Crippen molar-refractivity contribution in [3.63, 3.8) is 0 Å². The number of nitrogens with one attached hydrogen (secondary N) is 1. The fraction of sp³-hybridized carbons (Fsp3) is 0.278. The van der Waals surface area contributed by atoms with E-state index in [2.05, 4.69) is 5.32 Å². The van der Waals surface area contributed by atoms with Crippen LogP contribution in [0.2, 0.25) is 0 Å². The number of benzene rings is 2. The van der Waals surface area contributed by atoms with Crippen molar-refractivity contribution in [2.45, 2.75) is 25.7 Å². The maximum Gasteiger partial charge on any atom is 0.407 e. The van der Waals surface area contributed by atoms with Gasteiger partial charge in [-0.1, -0.05) is 48.0 Å². The summed E-state index contributed by atoms with van der Waals surface area (Å²) in [4.78, 5) is 11.6. The number of halogens is 1. The summed E-state index contributed by atoms with van der Waals surface area (Å²) in [7, 11) is 0. The van der Waals surface area contributed by atoms with Gasteiger partial charge in [-0.25, -0.2) is 9.18 Å².